The molecule has 2 nitrogen and oxygen atoms in total. The van der Waals surface area contributed by atoms with E-state index in [9.17, 15) is 0 Å². The first kappa shape index (κ1) is 12.9. The highest BCUT2D eigenvalue weighted by atomic mass is 32.2. The Kier molecular flexibility index (Phi) is 5.00. The molecule has 3 heteroatoms. The SMILES string of the molecule is CSC/C(C)=C(/C)N1COCC(C)C1C. The minimum atomic E-state index is 0.593. The number of thioether (sulfide) groups is 1. The highest BCUT2D eigenvalue weighted by Gasteiger charge is 2.25. The van der Waals surface area contributed by atoms with Crippen LogP contribution in [0.4, 0.5) is 0 Å². The number of allylic oxidation sites excluding steroid dienone is 1. The summed E-state index contributed by atoms with van der Waals surface area (Å²) in [7, 11) is 0. The lowest BCUT2D eigenvalue weighted by molar-refractivity contribution is -0.0550. The van der Waals surface area contributed by atoms with Crippen LogP contribution in [0.3, 0.4) is 0 Å². The van der Waals surface area contributed by atoms with E-state index in [2.05, 4.69) is 38.9 Å². The van der Waals surface area contributed by atoms with Crippen molar-refractivity contribution in [1.82, 2.24) is 4.90 Å². The molecule has 0 saturated carbocycles. The molecule has 2 unspecified atom stereocenters. The second-order valence-corrected chi connectivity index (χ2v) is 5.35. The molecule has 0 aliphatic carbocycles. The molecule has 15 heavy (non-hydrogen) atoms. The molecule has 1 fully saturated rings. The van der Waals surface area contributed by atoms with E-state index in [1.807, 2.05) is 11.8 Å². The fraction of sp³-hybridized carbons (Fsp3) is 0.833. The fourth-order valence-corrected chi connectivity index (χ4v) is 2.51. The van der Waals surface area contributed by atoms with Gasteiger partial charge in [0.25, 0.3) is 0 Å². The van der Waals surface area contributed by atoms with Gasteiger partial charge in [-0.25, -0.2) is 0 Å². The third kappa shape index (κ3) is 3.15. The number of ether oxygens (including phenoxy) is 1. The molecule has 0 spiro atoms. The van der Waals surface area contributed by atoms with E-state index < -0.39 is 0 Å². The van der Waals surface area contributed by atoms with Gasteiger partial charge in [0.1, 0.15) is 6.73 Å². The zero-order valence-corrected chi connectivity index (χ0v) is 11.4. The number of nitrogens with zero attached hydrogens (tertiary/aromatic N) is 1. The van der Waals surface area contributed by atoms with Gasteiger partial charge < -0.3 is 9.64 Å². The Balaban J connectivity index is 2.73. The number of rotatable bonds is 3. The Labute approximate surface area is 98.1 Å². The van der Waals surface area contributed by atoms with Crippen LogP contribution in [0, 0.1) is 5.92 Å². The van der Waals surface area contributed by atoms with Gasteiger partial charge in [-0.2, -0.15) is 11.8 Å². The van der Waals surface area contributed by atoms with Crippen LogP contribution >= 0.6 is 11.8 Å². The smallest absolute Gasteiger partial charge is 0.118 e. The zero-order valence-electron chi connectivity index (χ0n) is 10.5. The minimum Gasteiger partial charge on any atom is -0.361 e. The van der Waals surface area contributed by atoms with E-state index in [1.54, 1.807) is 0 Å². The van der Waals surface area contributed by atoms with Crippen molar-refractivity contribution in [1.29, 1.82) is 0 Å². The lowest BCUT2D eigenvalue weighted by Gasteiger charge is -2.40. The molecule has 1 saturated heterocycles. The predicted octanol–water partition coefficient (Wildman–Crippen LogP) is 2.96. The molecule has 0 aromatic carbocycles. The van der Waals surface area contributed by atoms with Crippen LogP contribution in [0.15, 0.2) is 11.3 Å². The van der Waals surface area contributed by atoms with Gasteiger partial charge in [-0.3, -0.25) is 0 Å². The molecule has 1 heterocycles. The standard InChI is InChI=1S/C12H23NOS/c1-9-6-14-8-13(11(9)3)12(4)10(2)7-15-5/h9,11H,6-8H2,1-5H3/b12-10-. The van der Waals surface area contributed by atoms with Crippen LogP contribution in [0.1, 0.15) is 27.7 Å². The first-order valence-corrected chi connectivity index (χ1v) is 6.97. The van der Waals surface area contributed by atoms with Crippen molar-refractivity contribution in [3.8, 4) is 0 Å². The summed E-state index contributed by atoms with van der Waals surface area (Å²) >= 11 is 1.88. The number of hydrogen-bond acceptors (Lipinski definition) is 3. The third-order valence-electron chi connectivity index (χ3n) is 3.34. The van der Waals surface area contributed by atoms with Crippen LogP contribution in [-0.4, -0.2) is 36.3 Å². The average molecular weight is 229 g/mol. The Morgan fingerprint density at radius 3 is 2.67 bits per heavy atom. The van der Waals surface area contributed by atoms with Gasteiger partial charge in [-0.1, -0.05) is 6.92 Å². The van der Waals surface area contributed by atoms with Gasteiger partial charge in [-0.05, 0) is 38.5 Å². The molecule has 2 atom stereocenters. The summed E-state index contributed by atoms with van der Waals surface area (Å²) in [5, 5.41) is 0. The van der Waals surface area contributed by atoms with Gasteiger partial charge in [0.2, 0.25) is 0 Å². The van der Waals surface area contributed by atoms with Gasteiger partial charge in [0.15, 0.2) is 0 Å². The van der Waals surface area contributed by atoms with E-state index in [-0.39, 0.29) is 0 Å². The lowest BCUT2D eigenvalue weighted by Crippen LogP contribution is -2.44. The van der Waals surface area contributed by atoms with Crippen LogP contribution < -0.4 is 0 Å². The van der Waals surface area contributed by atoms with Gasteiger partial charge in [0.05, 0.1) is 6.61 Å². The predicted molar refractivity (Wildman–Crippen MR) is 68.0 cm³/mol. The number of hydrogen-bond donors (Lipinski definition) is 0. The largest absolute Gasteiger partial charge is 0.361 e. The first-order valence-electron chi connectivity index (χ1n) is 5.57. The van der Waals surface area contributed by atoms with Crippen LogP contribution in [0.5, 0.6) is 0 Å². The van der Waals surface area contributed by atoms with Crippen molar-refractivity contribution >= 4 is 11.8 Å². The van der Waals surface area contributed by atoms with E-state index >= 15 is 0 Å². The topological polar surface area (TPSA) is 12.5 Å². The van der Waals surface area contributed by atoms with Crippen molar-refractivity contribution in [2.75, 3.05) is 25.3 Å². The molecular weight excluding hydrogens is 206 g/mol. The van der Waals surface area contributed by atoms with Crippen LogP contribution in [0.2, 0.25) is 0 Å². The van der Waals surface area contributed by atoms with Crippen LogP contribution in [0.25, 0.3) is 0 Å². The van der Waals surface area contributed by atoms with E-state index in [4.69, 9.17) is 4.74 Å². The molecule has 0 bridgehead atoms. The lowest BCUT2D eigenvalue weighted by atomic mass is 10.0. The Morgan fingerprint density at radius 1 is 1.40 bits per heavy atom. The van der Waals surface area contributed by atoms with Crippen molar-refractivity contribution in [2.45, 2.75) is 33.7 Å². The quantitative estimate of drug-likeness (QED) is 0.738. The highest BCUT2D eigenvalue weighted by Crippen LogP contribution is 2.23. The van der Waals surface area contributed by atoms with Crippen molar-refractivity contribution in [3.05, 3.63) is 11.3 Å². The molecule has 1 rings (SSSR count). The molecule has 1 aliphatic heterocycles. The monoisotopic (exact) mass is 229 g/mol. The molecule has 0 amide bonds. The van der Waals surface area contributed by atoms with Gasteiger partial charge in [-0.15, -0.1) is 0 Å². The average Bonchev–Trinajstić information content (AvgIpc) is 2.21. The summed E-state index contributed by atoms with van der Waals surface area (Å²) in [6.45, 7) is 10.6. The highest BCUT2D eigenvalue weighted by molar-refractivity contribution is 7.98. The summed E-state index contributed by atoms with van der Waals surface area (Å²) in [5.74, 6) is 1.74. The van der Waals surface area contributed by atoms with E-state index in [0.717, 1.165) is 19.1 Å². The van der Waals surface area contributed by atoms with E-state index in [0.29, 0.717) is 12.0 Å². The fourth-order valence-electron chi connectivity index (χ4n) is 1.87. The summed E-state index contributed by atoms with van der Waals surface area (Å²) < 4.78 is 5.60. The normalized spacial score (nSPS) is 29.0. The van der Waals surface area contributed by atoms with Crippen LogP contribution in [-0.2, 0) is 4.74 Å². The summed E-state index contributed by atoms with van der Waals surface area (Å²) in [6.07, 6.45) is 2.15. The molecule has 88 valence electrons. The first-order chi connectivity index (χ1) is 7.07. The summed E-state index contributed by atoms with van der Waals surface area (Å²) in [6, 6.07) is 0.593. The molecule has 0 aromatic heterocycles. The molecule has 0 aromatic rings. The Morgan fingerprint density at radius 2 is 2.07 bits per heavy atom. The second-order valence-electron chi connectivity index (χ2n) is 4.49. The maximum Gasteiger partial charge on any atom is 0.118 e. The summed E-state index contributed by atoms with van der Waals surface area (Å²) in [4.78, 5) is 2.39. The maximum atomic E-state index is 5.60. The maximum absolute atomic E-state index is 5.60. The zero-order chi connectivity index (χ0) is 11.4. The van der Waals surface area contributed by atoms with Crippen molar-refractivity contribution in [3.63, 3.8) is 0 Å². The van der Waals surface area contributed by atoms with E-state index in [1.165, 1.54) is 11.3 Å². The summed E-state index contributed by atoms with van der Waals surface area (Å²) in [5.41, 5.74) is 2.86. The van der Waals surface area contributed by atoms with Gasteiger partial charge in [0, 0.05) is 17.5 Å². The molecule has 0 radical (unpaired) electrons. The van der Waals surface area contributed by atoms with Crippen molar-refractivity contribution in [2.24, 2.45) is 5.92 Å². The molecule has 0 N–H and O–H groups in total. The Hall–Kier alpha value is -0.150. The second kappa shape index (κ2) is 5.80. The molecule has 1 aliphatic rings. The Bertz CT molecular complexity index is 240. The van der Waals surface area contributed by atoms with Gasteiger partial charge >= 0.3 is 0 Å². The molecular formula is C12H23NOS. The van der Waals surface area contributed by atoms with Crippen molar-refractivity contribution < 1.29 is 4.74 Å². The minimum absolute atomic E-state index is 0.593. The third-order valence-corrected chi connectivity index (χ3v) is 4.06.